The average Bonchev–Trinajstić information content (AvgIpc) is 3.20. The molecule has 0 radical (unpaired) electrons. The van der Waals surface area contributed by atoms with E-state index in [9.17, 15) is 0 Å². The highest BCUT2D eigenvalue weighted by Crippen LogP contribution is 2.41. The van der Waals surface area contributed by atoms with Crippen molar-refractivity contribution in [2.45, 2.75) is 82.2 Å². The topological polar surface area (TPSA) is 15.3 Å². The van der Waals surface area contributed by atoms with E-state index >= 15 is 0 Å². The molecule has 0 aromatic rings. The van der Waals surface area contributed by atoms with Crippen LogP contribution in [0.1, 0.15) is 70.6 Å². The highest BCUT2D eigenvalue weighted by molar-refractivity contribution is 5.04. The Morgan fingerprint density at radius 1 is 0.900 bits per heavy atom. The number of nitrogens with one attached hydrogen (secondary N) is 1. The SMILES string of the molecule is C1CCC(C2CN(CC3CC3)C3(CCCC3)CN2)CC1. The van der Waals surface area contributed by atoms with Gasteiger partial charge in [-0.15, -0.1) is 0 Å². The number of hydrogen-bond donors (Lipinski definition) is 1. The standard InChI is InChI=1S/C18H32N2/c1-2-6-16(7-3-1)17-13-20(12-15-8-9-15)18(14-19-17)10-4-5-11-18/h15-17,19H,1-14H2. The van der Waals surface area contributed by atoms with Gasteiger partial charge in [-0.25, -0.2) is 0 Å². The molecule has 2 nitrogen and oxygen atoms in total. The van der Waals surface area contributed by atoms with Gasteiger partial charge in [0.25, 0.3) is 0 Å². The van der Waals surface area contributed by atoms with Crippen LogP contribution >= 0.6 is 0 Å². The van der Waals surface area contributed by atoms with E-state index < -0.39 is 0 Å². The third kappa shape index (κ3) is 2.66. The number of rotatable bonds is 3. The van der Waals surface area contributed by atoms with Crippen molar-refractivity contribution >= 4 is 0 Å². The lowest BCUT2D eigenvalue weighted by Crippen LogP contribution is -2.65. The van der Waals surface area contributed by atoms with Crippen LogP contribution in [0.25, 0.3) is 0 Å². The first-order chi connectivity index (χ1) is 9.86. The van der Waals surface area contributed by atoms with Gasteiger partial charge in [0.15, 0.2) is 0 Å². The fourth-order valence-corrected chi connectivity index (χ4v) is 5.19. The summed E-state index contributed by atoms with van der Waals surface area (Å²) in [5.74, 6) is 2.03. The van der Waals surface area contributed by atoms with Crippen LogP contribution in [0, 0.1) is 11.8 Å². The molecular weight excluding hydrogens is 244 g/mol. The van der Waals surface area contributed by atoms with Crippen LogP contribution in [0.4, 0.5) is 0 Å². The van der Waals surface area contributed by atoms with E-state index in [0.717, 1.165) is 17.9 Å². The van der Waals surface area contributed by atoms with E-state index in [1.807, 2.05) is 0 Å². The van der Waals surface area contributed by atoms with Gasteiger partial charge in [0.1, 0.15) is 0 Å². The van der Waals surface area contributed by atoms with Crippen LogP contribution in [0.15, 0.2) is 0 Å². The molecule has 4 rings (SSSR count). The smallest absolute Gasteiger partial charge is 0.0334 e. The highest BCUT2D eigenvalue weighted by atomic mass is 15.3. The van der Waals surface area contributed by atoms with Crippen LogP contribution in [-0.4, -0.2) is 36.1 Å². The molecule has 1 aliphatic heterocycles. The maximum absolute atomic E-state index is 4.00. The second-order valence-electron chi connectivity index (χ2n) is 8.17. The molecule has 0 aromatic carbocycles. The van der Waals surface area contributed by atoms with E-state index in [2.05, 4.69) is 10.2 Å². The van der Waals surface area contributed by atoms with Gasteiger partial charge in [-0.1, -0.05) is 32.1 Å². The van der Waals surface area contributed by atoms with Gasteiger partial charge in [0.05, 0.1) is 0 Å². The maximum Gasteiger partial charge on any atom is 0.0334 e. The molecule has 0 bridgehead atoms. The largest absolute Gasteiger partial charge is 0.311 e. The molecule has 1 saturated heterocycles. The Kier molecular flexibility index (Phi) is 3.80. The predicted molar refractivity (Wildman–Crippen MR) is 83.9 cm³/mol. The van der Waals surface area contributed by atoms with Crippen LogP contribution in [0.5, 0.6) is 0 Å². The Balaban J connectivity index is 1.44. The summed E-state index contributed by atoms with van der Waals surface area (Å²) in [5, 5.41) is 4.00. The molecule has 1 atom stereocenters. The summed E-state index contributed by atoms with van der Waals surface area (Å²) in [7, 11) is 0. The van der Waals surface area contributed by atoms with E-state index in [1.165, 1.54) is 90.3 Å². The van der Waals surface area contributed by atoms with Crippen molar-refractivity contribution in [1.29, 1.82) is 0 Å². The molecule has 3 aliphatic carbocycles. The molecule has 0 amide bonds. The fourth-order valence-electron chi connectivity index (χ4n) is 5.19. The quantitative estimate of drug-likeness (QED) is 0.848. The van der Waals surface area contributed by atoms with Crippen LogP contribution in [0.3, 0.4) is 0 Å². The van der Waals surface area contributed by atoms with Gasteiger partial charge in [-0.05, 0) is 50.4 Å². The summed E-state index contributed by atoms with van der Waals surface area (Å²) in [6.07, 6.45) is 16.3. The number of nitrogens with zero attached hydrogens (tertiary/aromatic N) is 1. The molecule has 2 heteroatoms. The van der Waals surface area contributed by atoms with Crippen molar-refractivity contribution in [3.8, 4) is 0 Å². The molecule has 4 aliphatic rings. The first-order valence-corrected chi connectivity index (χ1v) is 9.34. The van der Waals surface area contributed by atoms with Crippen molar-refractivity contribution < 1.29 is 0 Å². The molecule has 1 heterocycles. The highest BCUT2D eigenvalue weighted by Gasteiger charge is 2.46. The first-order valence-electron chi connectivity index (χ1n) is 9.34. The third-order valence-electron chi connectivity index (χ3n) is 6.71. The predicted octanol–water partition coefficient (Wildman–Crippen LogP) is 3.56. The normalized spacial score (nSPS) is 35.7. The lowest BCUT2D eigenvalue weighted by Gasteiger charge is -2.50. The second-order valence-corrected chi connectivity index (χ2v) is 8.17. The molecular formula is C18H32N2. The molecule has 114 valence electrons. The summed E-state index contributed by atoms with van der Waals surface area (Å²) in [6.45, 7) is 4.08. The van der Waals surface area contributed by atoms with Crippen LogP contribution in [-0.2, 0) is 0 Å². The van der Waals surface area contributed by atoms with Crippen LogP contribution in [0.2, 0.25) is 0 Å². The zero-order valence-electron chi connectivity index (χ0n) is 13.1. The molecule has 1 unspecified atom stereocenters. The van der Waals surface area contributed by atoms with E-state index in [0.29, 0.717) is 5.54 Å². The fraction of sp³-hybridized carbons (Fsp3) is 1.00. The van der Waals surface area contributed by atoms with Crippen molar-refractivity contribution in [1.82, 2.24) is 10.2 Å². The third-order valence-corrected chi connectivity index (χ3v) is 6.71. The Bertz CT molecular complexity index is 324. The first kappa shape index (κ1) is 13.6. The zero-order valence-corrected chi connectivity index (χ0v) is 13.1. The van der Waals surface area contributed by atoms with Gasteiger partial charge in [-0.2, -0.15) is 0 Å². The van der Waals surface area contributed by atoms with Crippen LogP contribution < -0.4 is 5.32 Å². The summed E-state index contributed by atoms with van der Waals surface area (Å²) in [4.78, 5) is 2.97. The summed E-state index contributed by atoms with van der Waals surface area (Å²) < 4.78 is 0. The Morgan fingerprint density at radius 2 is 1.65 bits per heavy atom. The van der Waals surface area contributed by atoms with Gasteiger partial charge < -0.3 is 5.32 Å². The van der Waals surface area contributed by atoms with Gasteiger partial charge in [-0.3, -0.25) is 4.90 Å². The van der Waals surface area contributed by atoms with Gasteiger partial charge >= 0.3 is 0 Å². The molecule has 1 spiro atoms. The molecule has 1 N–H and O–H groups in total. The minimum Gasteiger partial charge on any atom is -0.311 e. The number of hydrogen-bond acceptors (Lipinski definition) is 2. The summed E-state index contributed by atoms with van der Waals surface area (Å²) in [5.41, 5.74) is 0.563. The van der Waals surface area contributed by atoms with Crippen molar-refractivity contribution in [3.05, 3.63) is 0 Å². The van der Waals surface area contributed by atoms with Crippen molar-refractivity contribution in [3.63, 3.8) is 0 Å². The van der Waals surface area contributed by atoms with Crippen molar-refractivity contribution in [2.75, 3.05) is 19.6 Å². The van der Waals surface area contributed by atoms with Gasteiger partial charge in [0.2, 0.25) is 0 Å². The van der Waals surface area contributed by atoms with E-state index in [-0.39, 0.29) is 0 Å². The molecule has 3 saturated carbocycles. The zero-order chi connectivity index (χ0) is 13.4. The molecule has 0 aromatic heterocycles. The van der Waals surface area contributed by atoms with Gasteiger partial charge in [0, 0.05) is 31.2 Å². The Morgan fingerprint density at radius 3 is 2.35 bits per heavy atom. The van der Waals surface area contributed by atoms with E-state index in [1.54, 1.807) is 0 Å². The second kappa shape index (κ2) is 5.61. The average molecular weight is 276 g/mol. The Labute approximate surface area is 124 Å². The summed E-state index contributed by atoms with van der Waals surface area (Å²) in [6, 6.07) is 0.806. The Hall–Kier alpha value is -0.0800. The summed E-state index contributed by atoms with van der Waals surface area (Å²) >= 11 is 0. The molecule has 4 fully saturated rings. The monoisotopic (exact) mass is 276 g/mol. The minimum atomic E-state index is 0.563. The number of piperazine rings is 1. The lowest BCUT2D eigenvalue weighted by molar-refractivity contribution is 0.0208. The van der Waals surface area contributed by atoms with E-state index in [4.69, 9.17) is 0 Å². The minimum absolute atomic E-state index is 0.563. The maximum atomic E-state index is 4.00. The van der Waals surface area contributed by atoms with Crippen molar-refractivity contribution in [2.24, 2.45) is 11.8 Å². The molecule has 20 heavy (non-hydrogen) atoms. The lowest BCUT2D eigenvalue weighted by atomic mass is 9.80.